The zero-order valence-electron chi connectivity index (χ0n) is 13.9. The highest BCUT2D eigenvalue weighted by atomic mass is 32.2. The van der Waals surface area contributed by atoms with Crippen molar-refractivity contribution in [1.29, 1.82) is 0 Å². The van der Waals surface area contributed by atoms with Crippen molar-refractivity contribution in [3.63, 3.8) is 0 Å². The van der Waals surface area contributed by atoms with Gasteiger partial charge < -0.3 is 4.74 Å². The summed E-state index contributed by atoms with van der Waals surface area (Å²) in [5, 5.41) is 0. The Morgan fingerprint density at radius 2 is 1.80 bits per heavy atom. The van der Waals surface area contributed by atoms with Gasteiger partial charge in [0.05, 0.1) is 12.2 Å². The first-order valence-electron chi connectivity index (χ1n) is 8.11. The number of carbonyl (C=O) groups is 1. The third-order valence-corrected chi connectivity index (χ3v) is 5.56. The second-order valence-electron chi connectivity index (χ2n) is 5.76. The molecule has 1 aliphatic rings. The highest BCUT2D eigenvalue weighted by Crippen LogP contribution is 2.22. The van der Waals surface area contributed by atoms with E-state index in [1.165, 1.54) is 9.87 Å². The average molecular weight is 360 g/mol. The molecular weight excluding hydrogens is 340 g/mol. The topological polar surface area (TPSA) is 75.7 Å². The molecule has 132 valence electrons. The summed E-state index contributed by atoms with van der Waals surface area (Å²) < 4.78 is 34.1. The van der Waals surface area contributed by atoms with Crippen LogP contribution in [0.15, 0.2) is 48.5 Å². The number of hydrogen-bond acceptors (Lipinski definition) is 4. The van der Waals surface area contributed by atoms with E-state index in [4.69, 9.17) is 4.74 Å². The van der Waals surface area contributed by atoms with Crippen LogP contribution in [0.25, 0.3) is 0 Å². The van der Waals surface area contributed by atoms with Gasteiger partial charge in [0.1, 0.15) is 0 Å². The molecule has 0 amide bonds. The number of nitrogens with zero attached hydrogens (tertiary/aromatic N) is 1. The number of rotatable bonds is 5. The van der Waals surface area contributed by atoms with E-state index in [1.807, 2.05) is 24.3 Å². The lowest BCUT2D eigenvalue weighted by atomic mass is 10.0. The Balaban J connectivity index is 1.71. The highest BCUT2D eigenvalue weighted by Gasteiger charge is 2.26. The first-order valence-corrected chi connectivity index (χ1v) is 9.55. The molecule has 2 aromatic rings. The molecule has 1 heterocycles. The van der Waals surface area contributed by atoms with Crippen molar-refractivity contribution in [1.82, 2.24) is 4.31 Å². The van der Waals surface area contributed by atoms with Crippen LogP contribution in [0.1, 0.15) is 28.4 Å². The molecule has 0 unspecified atom stereocenters. The molecule has 0 atom stereocenters. The lowest BCUT2D eigenvalue weighted by Crippen LogP contribution is -2.39. The molecule has 3 rings (SSSR count). The van der Waals surface area contributed by atoms with E-state index in [2.05, 4.69) is 4.72 Å². The van der Waals surface area contributed by atoms with Crippen LogP contribution in [-0.2, 0) is 27.9 Å². The first kappa shape index (κ1) is 17.4. The maximum atomic E-state index is 12.6. The lowest BCUT2D eigenvalue weighted by Gasteiger charge is -2.28. The number of nitrogens with one attached hydrogen (secondary N) is 1. The SMILES string of the molecule is CCOC(=O)c1ccc(NS(=O)(=O)N2CCc3ccccc3C2)cc1. The van der Waals surface area contributed by atoms with E-state index in [1.54, 1.807) is 31.2 Å². The average Bonchev–Trinajstić information content (AvgIpc) is 2.62. The van der Waals surface area contributed by atoms with E-state index in [0.717, 1.165) is 5.56 Å². The minimum Gasteiger partial charge on any atom is -0.462 e. The third-order valence-electron chi connectivity index (χ3n) is 4.08. The van der Waals surface area contributed by atoms with Crippen LogP contribution in [0.5, 0.6) is 0 Å². The first-order chi connectivity index (χ1) is 12.0. The summed E-state index contributed by atoms with van der Waals surface area (Å²) in [6.07, 6.45) is 0.693. The van der Waals surface area contributed by atoms with Crippen LogP contribution < -0.4 is 4.72 Å². The van der Waals surface area contributed by atoms with Crippen molar-refractivity contribution in [2.75, 3.05) is 17.9 Å². The van der Waals surface area contributed by atoms with Gasteiger partial charge in [0.25, 0.3) is 0 Å². The molecule has 0 aromatic heterocycles. The van der Waals surface area contributed by atoms with E-state index < -0.39 is 16.2 Å². The number of fused-ring (bicyclic) bond motifs is 1. The minimum absolute atomic E-state index is 0.295. The zero-order valence-corrected chi connectivity index (χ0v) is 14.8. The van der Waals surface area contributed by atoms with Gasteiger partial charge in [-0.05, 0) is 48.7 Å². The van der Waals surface area contributed by atoms with Crippen molar-refractivity contribution >= 4 is 21.9 Å². The van der Waals surface area contributed by atoms with Gasteiger partial charge in [-0.2, -0.15) is 12.7 Å². The molecule has 7 heteroatoms. The fourth-order valence-corrected chi connectivity index (χ4v) is 3.98. The van der Waals surface area contributed by atoms with E-state index in [0.29, 0.717) is 37.4 Å². The van der Waals surface area contributed by atoms with Crippen LogP contribution in [0, 0.1) is 0 Å². The van der Waals surface area contributed by atoms with Gasteiger partial charge >= 0.3 is 16.2 Å². The van der Waals surface area contributed by atoms with Gasteiger partial charge in [-0.3, -0.25) is 4.72 Å². The number of ether oxygens (including phenoxy) is 1. The maximum absolute atomic E-state index is 12.6. The molecule has 2 aromatic carbocycles. The molecule has 1 aliphatic heterocycles. The molecule has 0 radical (unpaired) electrons. The van der Waals surface area contributed by atoms with E-state index >= 15 is 0 Å². The summed E-state index contributed by atoms with van der Waals surface area (Å²) in [7, 11) is -3.66. The molecule has 0 aliphatic carbocycles. The predicted molar refractivity (Wildman–Crippen MR) is 95.5 cm³/mol. The van der Waals surface area contributed by atoms with Gasteiger partial charge in [-0.15, -0.1) is 0 Å². The molecule has 6 nitrogen and oxygen atoms in total. The van der Waals surface area contributed by atoms with Gasteiger partial charge in [-0.25, -0.2) is 4.79 Å². The lowest BCUT2D eigenvalue weighted by molar-refractivity contribution is 0.0526. The summed E-state index contributed by atoms with van der Waals surface area (Å²) in [5.41, 5.74) is 3.01. The smallest absolute Gasteiger partial charge is 0.338 e. The fraction of sp³-hybridized carbons (Fsp3) is 0.278. The standard InChI is InChI=1S/C18H20N2O4S/c1-2-24-18(21)15-7-9-17(10-8-15)19-25(22,23)20-12-11-14-5-3-4-6-16(14)13-20/h3-10,19H,2,11-13H2,1H3. The summed E-state index contributed by atoms with van der Waals surface area (Å²) in [6.45, 7) is 2.82. The molecule has 0 spiro atoms. The number of esters is 1. The second-order valence-corrected chi connectivity index (χ2v) is 7.43. The normalized spacial score (nSPS) is 14.6. The summed E-state index contributed by atoms with van der Waals surface area (Å²) in [6, 6.07) is 14.1. The number of benzene rings is 2. The molecule has 0 fully saturated rings. The molecule has 25 heavy (non-hydrogen) atoms. The Hall–Kier alpha value is -2.38. The quantitative estimate of drug-likeness (QED) is 0.832. The monoisotopic (exact) mass is 360 g/mol. The van der Waals surface area contributed by atoms with Crippen molar-refractivity contribution in [2.45, 2.75) is 19.9 Å². The maximum Gasteiger partial charge on any atom is 0.338 e. The van der Waals surface area contributed by atoms with Gasteiger partial charge in [0, 0.05) is 18.8 Å². The Morgan fingerprint density at radius 1 is 1.12 bits per heavy atom. The molecule has 0 saturated heterocycles. The highest BCUT2D eigenvalue weighted by molar-refractivity contribution is 7.90. The second kappa shape index (κ2) is 7.25. The van der Waals surface area contributed by atoms with Gasteiger partial charge in [-0.1, -0.05) is 24.3 Å². The number of carbonyl (C=O) groups excluding carboxylic acids is 1. The van der Waals surface area contributed by atoms with Crippen molar-refractivity contribution in [3.05, 3.63) is 65.2 Å². The fourth-order valence-electron chi connectivity index (χ4n) is 2.78. The molecule has 0 bridgehead atoms. The minimum atomic E-state index is -3.66. The largest absolute Gasteiger partial charge is 0.462 e. The van der Waals surface area contributed by atoms with Crippen LogP contribution in [-0.4, -0.2) is 31.8 Å². The third kappa shape index (κ3) is 4.00. The summed E-state index contributed by atoms with van der Waals surface area (Å²) in [4.78, 5) is 11.6. The summed E-state index contributed by atoms with van der Waals surface area (Å²) in [5.74, 6) is -0.426. The van der Waals surface area contributed by atoms with Gasteiger partial charge in [0.2, 0.25) is 0 Å². The van der Waals surface area contributed by atoms with Crippen LogP contribution >= 0.6 is 0 Å². The van der Waals surface area contributed by atoms with Crippen molar-refractivity contribution in [3.8, 4) is 0 Å². The Bertz CT molecular complexity index is 863. The van der Waals surface area contributed by atoms with Crippen LogP contribution in [0.2, 0.25) is 0 Å². The van der Waals surface area contributed by atoms with E-state index in [-0.39, 0.29) is 0 Å². The van der Waals surface area contributed by atoms with E-state index in [9.17, 15) is 13.2 Å². The Morgan fingerprint density at radius 3 is 2.48 bits per heavy atom. The Kier molecular flexibility index (Phi) is 5.06. The zero-order chi connectivity index (χ0) is 17.9. The Labute approximate surface area is 147 Å². The summed E-state index contributed by atoms with van der Waals surface area (Å²) >= 11 is 0. The molecule has 0 saturated carbocycles. The molecular formula is C18H20N2O4S. The van der Waals surface area contributed by atoms with Gasteiger partial charge in [0.15, 0.2) is 0 Å². The number of hydrogen-bond donors (Lipinski definition) is 1. The van der Waals surface area contributed by atoms with Crippen molar-refractivity contribution < 1.29 is 17.9 Å². The van der Waals surface area contributed by atoms with Crippen LogP contribution in [0.3, 0.4) is 0 Å². The molecule has 1 N–H and O–H groups in total. The van der Waals surface area contributed by atoms with Crippen LogP contribution in [0.4, 0.5) is 5.69 Å². The number of anilines is 1. The predicted octanol–water partition coefficient (Wildman–Crippen LogP) is 2.58. The van der Waals surface area contributed by atoms with Crippen molar-refractivity contribution in [2.24, 2.45) is 0 Å².